The maximum atomic E-state index is 11.9. The zero-order chi connectivity index (χ0) is 22.8. The molecule has 0 bridgehead atoms. The number of hydrogen-bond acceptors (Lipinski definition) is 5. The molecule has 6 nitrogen and oxygen atoms in total. The largest absolute Gasteiger partial charge is 0.497 e. The number of halogens is 1. The van der Waals surface area contributed by atoms with Gasteiger partial charge in [0.25, 0.3) is 5.91 Å². The van der Waals surface area contributed by atoms with E-state index in [1.165, 1.54) is 6.08 Å². The molecule has 0 aliphatic carbocycles. The number of carbonyl (C=O) groups excluding carboxylic acids is 2. The van der Waals surface area contributed by atoms with Crippen molar-refractivity contribution in [3.63, 3.8) is 0 Å². The summed E-state index contributed by atoms with van der Waals surface area (Å²) in [7, 11) is 1.56. The number of hydrogen-bond donors (Lipinski definition) is 1. The SMILES string of the molecule is COc1ccc(NC(=O)COC(=O)C=Cc2ccc(OCc3ccccc3Cl)cc2)cc1. The van der Waals surface area contributed by atoms with Crippen LogP contribution < -0.4 is 14.8 Å². The summed E-state index contributed by atoms with van der Waals surface area (Å²) < 4.78 is 15.8. The maximum absolute atomic E-state index is 11.9. The number of methoxy groups -OCH3 is 1. The van der Waals surface area contributed by atoms with E-state index < -0.39 is 11.9 Å². The van der Waals surface area contributed by atoms with Crippen LogP contribution in [0, 0.1) is 0 Å². The fourth-order valence-electron chi connectivity index (χ4n) is 2.67. The third-order valence-corrected chi connectivity index (χ3v) is 4.73. The Labute approximate surface area is 191 Å². The van der Waals surface area contributed by atoms with E-state index >= 15 is 0 Å². The van der Waals surface area contributed by atoms with E-state index in [0.717, 1.165) is 11.1 Å². The van der Waals surface area contributed by atoms with Crippen molar-refractivity contribution in [1.82, 2.24) is 0 Å². The molecular formula is C25H22ClNO5. The van der Waals surface area contributed by atoms with Crippen LogP contribution in [-0.2, 0) is 20.9 Å². The van der Waals surface area contributed by atoms with Gasteiger partial charge in [0, 0.05) is 22.3 Å². The van der Waals surface area contributed by atoms with Crippen molar-refractivity contribution in [2.45, 2.75) is 6.61 Å². The van der Waals surface area contributed by atoms with Crippen LogP contribution in [0.5, 0.6) is 11.5 Å². The van der Waals surface area contributed by atoms with Crippen LogP contribution >= 0.6 is 11.6 Å². The van der Waals surface area contributed by atoms with E-state index in [1.54, 1.807) is 49.6 Å². The van der Waals surface area contributed by atoms with E-state index in [2.05, 4.69) is 5.32 Å². The van der Waals surface area contributed by atoms with E-state index in [0.29, 0.717) is 28.8 Å². The lowest BCUT2D eigenvalue weighted by Crippen LogP contribution is -2.20. The van der Waals surface area contributed by atoms with E-state index in [1.807, 2.05) is 36.4 Å². The predicted octanol–water partition coefficient (Wildman–Crippen LogP) is 5.12. The molecule has 164 valence electrons. The van der Waals surface area contributed by atoms with Crippen LogP contribution in [0.2, 0.25) is 5.02 Å². The van der Waals surface area contributed by atoms with Gasteiger partial charge in [0.05, 0.1) is 7.11 Å². The fraction of sp³-hybridized carbons (Fsp3) is 0.120. The standard InChI is InChI=1S/C25H22ClNO5/c1-30-21-13-9-20(10-14-21)27-24(28)17-32-25(29)15-8-18-6-11-22(12-7-18)31-16-19-4-2-3-5-23(19)26/h2-15H,16-17H2,1H3,(H,27,28). The monoisotopic (exact) mass is 451 g/mol. The van der Waals surface area contributed by atoms with Crippen molar-refractivity contribution >= 4 is 35.2 Å². The Bertz CT molecular complexity index is 1080. The van der Waals surface area contributed by atoms with Crippen molar-refractivity contribution in [3.05, 3.63) is 95.0 Å². The number of benzene rings is 3. The Balaban J connectivity index is 1.42. The lowest BCUT2D eigenvalue weighted by atomic mass is 10.2. The highest BCUT2D eigenvalue weighted by Gasteiger charge is 2.06. The van der Waals surface area contributed by atoms with Gasteiger partial charge in [-0.2, -0.15) is 0 Å². The van der Waals surface area contributed by atoms with E-state index in [-0.39, 0.29) is 6.61 Å². The quantitative estimate of drug-likeness (QED) is 0.361. The molecule has 32 heavy (non-hydrogen) atoms. The molecule has 0 aliphatic rings. The van der Waals surface area contributed by atoms with E-state index in [9.17, 15) is 9.59 Å². The van der Waals surface area contributed by atoms with Gasteiger partial charge in [-0.05, 0) is 54.1 Å². The summed E-state index contributed by atoms with van der Waals surface area (Å²) in [5.41, 5.74) is 2.27. The predicted molar refractivity (Wildman–Crippen MR) is 124 cm³/mol. The van der Waals surface area contributed by atoms with Gasteiger partial charge in [0.15, 0.2) is 6.61 Å². The molecule has 0 heterocycles. The topological polar surface area (TPSA) is 73.9 Å². The van der Waals surface area contributed by atoms with E-state index in [4.69, 9.17) is 25.8 Å². The molecule has 1 amide bonds. The summed E-state index contributed by atoms with van der Waals surface area (Å²) in [5.74, 6) is 0.311. The van der Waals surface area contributed by atoms with Crippen LogP contribution in [-0.4, -0.2) is 25.6 Å². The molecule has 0 aliphatic heterocycles. The first kappa shape index (κ1) is 22.9. The summed E-state index contributed by atoms with van der Waals surface area (Å²) in [4.78, 5) is 23.8. The fourth-order valence-corrected chi connectivity index (χ4v) is 2.86. The molecule has 0 saturated carbocycles. The second kappa shape index (κ2) is 11.6. The number of carbonyl (C=O) groups is 2. The maximum Gasteiger partial charge on any atom is 0.331 e. The van der Waals surface area contributed by atoms with Gasteiger partial charge < -0.3 is 19.5 Å². The normalized spacial score (nSPS) is 10.6. The van der Waals surface area contributed by atoms with Gasteiger partial charge in [-0.25, -0.2) is 4.79 Å². The number of esters is 1. The van der Waals surface area contributed by atoms with Gasteiger partial charge in [-0.1, -0.05) is 41.9 Å². The minimum absolute atomic E-state index is 0.361. The third-order valence-electron chi connectivity index (χ3n) is 4.36. The second-order valence-electron chi connectivity index (χ2n) is 6.67. The second-order valence-corrected chi connectivity index (χ2v) is 7.07. The van der Waals surface area contributed by atoms with Crippen molar-refractivity contribution in [2.24, 2.45) is 0 Å². The zero-order valence-electron chi connectivity index (χ0n) is 17.4. The molecule has 3 rings (SSSR count). The highest BCUT2D eigenvalue weighted by molar-refractivity contribution is 6.31. The lowest BCUT2D eigenvalue weighted by Gasteiger charge is -2.08. The van der Waals surface area contributed by atoms with Crippen LogP contribution in [0.25, 0.3) is 6.08 Å². The van der Waals surface area contributed by atoms with Crippen molar-refractivity contribution < 1.29 is 23.8 Å². The average Bonchev–Trinajstić information content (AvgIpc) is 2.82. The smallest absolute Gasteiger partial charge is 0.331 e. The Morgan fingerprint density at radius 1 is 0.938 bits per heavy atom. The van der Waals surface area contributed by atoms with Gasteiger partial charge in [-0.15, -0.1) is 0 Å². The third kappa shape index (κ3) is 7.18. The lowest BCUT2D eigenvalue weighted by molar-refractivity contribution is -0.142. The number of anilines is 1. The molecular weight excluding hydrogens is 430 g/mol. The van der Waals surface area contributed by atoms with Crippen LogP contribution in [0.15, 0.2) is 78.9 Å². The molecule has 0 spiro atoms. The Morgan fingerprint density at radius 3 is 2.31 bits per heavy atom. The van der Waals surface area contributed by atoms with Crippen LogP contribution in [0.4, 0.5) is 5.69 Å². The molecule has 3 aromatic carbocycles. The molecule has 0 radical (unpaired) electrons. The minimum atomic E-state index is -0.617. The summed E-state index contributed by atoms with van der Waals surface area (Å²) in [6, 6.07) is 21.5. The first-order valence-corrected chi connectivity index (χ1v) is 10.2. The van der Waals surface area contributed by atoms with Crippen LogP contribution in [0.1, 0.15) is 11.1 Å². The van der Waals surface area contributed by atoms with Gasteiger partial charge in [0.1, 0.15) is 18.1 Å². The highest BCUT2D eigenvalue weighted by atomic mass is 35.5. The first-order valence-electron chi connectivity index (χ1n) is 9.78. The molecule has 3 aromatic rings. The van der Waals surface area contributed by atoms with Crippen LogP contribution in [0.3, 0.4) is 0 Å². The molecule has 0 unspecified atom stereocenters. The van der Waals surface area contributed by atoms with Crippen molar-refractivity contribution in [1.29, 1.82) is 0 Å². The Kier molecular flexibility index (Phi) is 8.29. The number of rotatable bonds is 9. The number of nitrogens with one attached hydrogen (secondary N) is 1. The molecule has 0 saturated heterocycles. The highest BCUT2D eigenvalue weighted by Crippen LogP contribution is 2.19. The summed E-state index contributed by atoms with van der Waals surface area (Å²) in [6.07, 6.45) is 2.86. The molecule has 1 N–H and O–H groups in total. The summed E-state index contributed by atoms with van der Waals surface area (Å²) >= 11 is 6.12. The summed E-state index contributed by atoms with van der Waals surface area (Å²) in [6.45, 7) is -0.0240. The van der Waals surface area contributed by atoms with Crippen molar-refractivity contribution in [2.75, 3.05) is 19.0 Å². The number of ether oxygens (including phenoxy) is 3. The Hall–Kier alpha value is -3.77. The zero-order valence-corrected chi connectivity index (χ0v) is 18.2. The van der Waals surface area contributed by atoms with Crippen molar-refractivity contribution in [3.8, 4) is 11.5 Å². The average molecular weight is 452 g/mol. The summed E-state index contributed by atoms with van der Waals surface area (Å²) in [5, 5.41) is 3.29. The van der Waals surface area contributed by atoms with Gasteiger partial charge in [0.2, 0.25) is 0 Å². The number of amides is 1. The first-order chi connectivity index (χ1) is 15.5. The molecule has 0 aromatic heterocycles. The van der Waals surface area contributed by atoms with Gasteiger partial charge >= 0.3 is 5.97 Å². The molecule has 7 heteroatoms. The minimum Gasteiger partial charge on any atom is -0.497 e. The Morgan fingerprint density at radius 2 is 1.62 bits per heavy atom. The van der Waals surface area contributed by atoms with Gasteiger partial charge in [-0.3, -0.25) is 4.79 Å². The molecule has 0 atom stereocenters. The molecule has 0 fully saturated rings.